The molecule has 0 spiro atoms. The van der Waals surface area contributed by atoms with E-state index in [1.165, 1.54) is 0 Å². The van der Waals surface area contributed by atoms with Gasteiger partial charge in [-0.05, 0) is 6.07 Å². The van der Waals surface area contributed by atoms with Crippen LogP contribution in [0.4, 0.5) is 0 Å². The van der Waals surface area contributed by atoms with Crippen molar-refractivity contribution in [3.63, 3.8) is 0 Å². The van der Waals surface area contributed by atoms with Crippen LogP contribution in [-0.2, 0) is 13.6 Å². The Morgan fingerprint density at radius 3 is 2.94 bits per heavy atom. The number of nitrogens with zero attached hydrogens (tertiary/aromatic N) is 4. The number of aromatic nitrogens is 4. The van der Waals surface area contributed by atoms with Crippen molar-refractivity contribution in [3.8, 4) is 11.6 Å². The predicted molar refractivity (Wildman–Crippen MR) is 61.9 cm³/mol. The van der Waals surface area contributed by atoms with Crippen LogP contribution in [0.15, 0.2) is 28.8 Å². The Bertz CT molecular complexity index is 669. The molecular weight excluding hydrogens is 218 g/mol. The highest BCUT2D eigenvalue weighted by molar-refractivity contribution is 5.91. The van der Waals surface area contributed by atoms with E-state index in [2.05, 4.69) is 15.2 Å². The number of hydrogen-bond acceptors (Lipinski definition) is 5. The van der Waals surface area contributed by atoms with E-state index >= 15 is 0 Å². The molecule has 2 aromatic heterocycles. The van der Waals surface area contributed by atoms with Gasteiger partial charge in [0.15, 0.2) is 11.5 Å². The Balaban J connectivity index is 2.23. The maximum absolute atomic E-state index is 5.45. The van der Waals surface area contributed by atoms with Crippen molar-refractivity contribution < 1.29 is 4.52 Å². The van der Waals surface area contributed by atoms with Crippen LogP contribution in [-0.4, -0.2) is 19.9 Å². The number of aryl methyl sites for hydroxylation is 1. The van der Waals surface area contributed by atoms with Gasteiger partial charge in [-0.1, -0.05) is 23.4 Å². The number of para-hydroxylation sites is 1. The summed E-state index contributed by atoms with van der Waals surface area (Å²) in [5.41, 5.74) is 7.16. The first-order valence-corrected chi connectivity index (χ1v) is 5.24. The predicted octanol–water partition coefficient (Wildman–Crippen LogP) is 1.08. The summed E-state index contributed by atoms with van der Waals surface area (Å²) in [6.45, 7) is 0.258. The molecule has 0 bridgehead atoms. The van der Waals surface area contributed by atoms with Gasteiger partial charge in [-0.15, -0.1) is 0 Å². The van der Waals surface area contributed by atoms with E-state index in [-0.39, 0.29) is 6.54 Å². The Morgan fingerprint density at radius 2 is 2.18 bits per heavy atom. The third kappa shape index (κ3) is 1.50. The summed E-state index contributed by atoms with van der Waals surface area (Å²) in [5.74, 6) is 0.886. The smallest absolute Gasteiger partial charge is 0.279 e. The lowest BCUT2D eigenvalue weighted by Crippen LogP contribution is -1.97. The zero-order chi connectivity index (χ0) is 11.8. The van der Waals surface area contributed by atoms with Gasteiger partial charge in [-0.3, -0.25) is 4.68 Å². The van der Waals surface area contributed by atoms with E-state index in [9.17, 15) is 0 Å². The summed E-state index contributed by atoms with van der Waals surface area (Å²) in [4.78, 5) is 4.18. The molecule has 0 saturated heterocycles. The SMILES string of the molecule is Cn1nc(-c2nc(CN)no2)c2ccccc21. The molecule has 0 saturated carbocycles. The standard InChI is InChI=1S/C11H11N5O/c1-16-8-5-3-2-4-7(8)10(14-16)11-13-9(6-12)15-17-11/h2-5H,6,12H2,1H3. The second-order valence-corrected chi connectivity index (χ2v) is 3.71. The van der Waals surface area contributed by atoms with Crippen molar-refractivity contribution in [2.75, 3.05) is 0 Å². The molecule has 0 aliphatic rings. The third-order valence-electron chi connectivity index (χ3n) is 2.61. The topological polar surface area (TPSA) is 82.8 Å². The van der Waals surface area contributed by atoms with Gasteiger partial charge < -0.3 is 10.3 Å². The number of nitrogens with two attached hydrogens (primary N) is 1. The Morgan fingerprint density at radius 1 is 1.35 bits per heavy atom. The van der Waals surface area contributed by atoms with Crippen molar-refractivity contribution >= 4 is 10.9 Å². The Labute approximate surface area is 97.0 Å². The van der Waals surface area contributed by atoms with E-state index in [0.717, 1.165) is 10.9 Å². The molecule has 0 amide bonds. The molecule has 2 N–H and O–H groups in total. The highest BCUT2D eigenvalue weighted by Gasteiger charge is 2.15. The summed E-state index contributed by atoms with van der Waals surface area (Å²) >= 11 is 0. The van der Waals surface area contributed by atoms with Crippen LogP contribution in [0.3, 0.4) is 0 Å². The van der Waals surface area contributed by atoms with Crippen molar-refractivity contribution in [3.05, 3.63) is 30.1 Å². The first-order valence-electron chi connectivity index (χ1n) is 5.24. The largest absolute Gasteiger partial charge is 0.332 e. The monoisotopic (exact) mass is 229 g/mol. The zero-order valence-corrected chi connectivity index (χ0v) is 9.29. The fourth-order valence-electron chi connectivity index (χ4n) is 1.80. The fraction of sp³-hybridized carbons (Fsp3) is 0.182. The highest BCUT2D eigenvalue weighted by Crippen LogP contribution is 2.25. The molecule has 0 aliphatic carbocycles. The number of benzene rings is 1. The first-order chi connectivity index (χ1) is 8.29. The van der Waals surface area contributed by atoms with Crippen LogP contribution in [0.5, 0.6) is 0 Å². The van der Waals surface area contributed by atoms with Gasteiger partial charge in [0, 0.05) is 12.4 Å². The zero-order valence-electron chi connectivity index (χ0n) is 9.29. The molecule has 0 unspecified atom stereocenters. The molecule has 0 fully saturated rings. The van der Waals surface area contributed by atoms with Gasteiger partial charge in [-0.2, -0.15) is 10.1 Å². The lowest BCUT2D eigenvalue weighted by molar-refractivity contribution is 0.421. The minimum atomic E-state index is 0.258. The second-order valence-electron chi connectivity index (χ2n) is 3.71. The quantitative estimate of drug-likeness (QED) is 0.711. The molecule has 2 heterocycles. The maximum atomic E-state index is 5.45. The number of fused-ring (bicyclic) bond motifs is 1. The van der Waals surface area contributed by atoms with Crippen molar-refractivity contribution in [2.24, 2.45) is 12.8 Å². The van der Waals surface area contributed by atoms with Crippen molar-refractivity contribution in [2.45, 2.75) is 6.54 Å². The molecule has 0 radical (unpaired) electrons. The molecule has 6 nitrogen and oxygen atoms in total. The number of hydrogen-bond donors (Lipinski definition) is 1. The van der Waals surface area contributed by atoms with Crippen LogP contribution in [0.1, 0.15) is 5.82 Å². The molecule has 6 heteroatoms. The van der Waals surface area contributed by atoms with E-state index in [1.807, 2.05) is 31.3 Å². The van der Waals surface area contributed by atoms with E-state index in [4.69, 9.17) is 10.3 Å². The Kier molecular flexibility index (Phi) is 2.15. The van der Waals surface area contributed by atoms with Gasteiger partial charge in [0.25, 0.3) is 5.89 Å². The lowest BCUT2D eigenvalue weighted by Gasteiger charge is -1.90. The van der Waals surface area contributed by atoms with Crippen LogP contribution < -0.4 is 5.73 Å². The molecular formula is C11H11N5O. The average Bonchev–Trinajstić information content (AvgIpc) is 2.95. The summed E-state index contributed by atoms with van der Waals surface area (Å²) in [7, 11) is 1.88. The van der Waals surface area contributed by atoms with Gasteiger partial charge >= 0.3 is 0 Å². The molecule has 0 aliphatic heterocycles. The summed E-state index contributed by atoms with van der Waals surface area (Å²) < 4.78 is 6.93. The van der Waals surface area contributed by atoms with Crippen LogP contribution in [0.25, 0.3) is 22.5 Å². The van der Waals surface area contributed by atoms with E-state index in [1.54, 1.807) is 4.68 Å². The highest BCUT2D eigenvalue weighted by atomic mass is 16.5. The molecule has 0 atom stereocenters. The minimum Gasteiger partial charge on any atom is -0.332 e. The van der Waals surface area contributed by atoms with Crippen LogP contribution in [0.2, 0.25) is 0 Å². The molecule has 1 aromatic carbocycles. The van der Waals surface area contributed by atoms with Gasteiger partial charge in [0.2, 0.25) is 0 Å². The first kappa shape index (κ1) is 9.98. The van der Waals surface area contributed by atoms with Gasteiger partial charge in [-0.25, -0.2) is 0 Å². The van der Waals surface area contributed by atoms with Crippen LogP contribution in [0, 0.1) is 0 Å². The normalized spacial score (nSPS) is 11.2. The summed E-state index contributed by atoms with van der Waals surface area (Å²) in [6, 6.07) is 7.89. The molecule has 3 aromatic rings. The third-order valence-corrected chi connectivity index (χ3v) is 2.61. The molecule has 86 valence electrons. The minimum absolute atomic E-state index is 0.258. The number of rotatable bonds is 2. The van der Waals surface area contributed by atoms with Gasteiger partial charge in [0.1, 0.15) is 0 Å². The maximum Gasteiger partial charge on any atom is 0.279 e. The van der Waals surface area contributed by atoms with E-state index in [0.29, 0.717) is 17.4 Å². The fourth-order valence-corrected chi connectivity index (χ4v) is 1.80. The molecule has 3 rings (SSSR count). The Hall–Kier alpha value is -2.21. The van der Waals surface area contributed by atoms with Crippen molar-refractivity contribution in [1.29, 1.82) is 0 Å². The summed E-state index contributed by atoms with van der Waals surface area (Å²) in [6.07, 6.45) is 0. The van der Waals surface area contributed by atoms with Crippen molar-refractivity contribution in [1.82, 2.24) is 19.9 Å². The average molecular weight is 229 g/mol. The lowest BCUT2D eigenvalue weighted by atomic mass is 10.2. The van der Waals surface area contributed by atoms with E-state index < -0.39 is 0 Å². The second kappa shape index (κ2) is 3.67. The summed E-state index contributed by atoms with van der Waals surface area (Å²) in [5, 5.41) is 9.14. The van der Waals surface area contributed by atoms with Gasteiger partial charge in [0.05, 0.1) is 12.1 Å². The van der Waals surface area contributed by atoms with Crippen LogP contribution >= 0.6 is 0 Å². The molecule has 17 heavy (non-hydrogen) atoms.